The van der Waals surface area contributed by atoms with Gasteiger partial charge in [0.25, 0.3) is 0 Å². The molecule has 1 aliphatic rings. The number of hydrogen-bond donors (Lipinski definition) is 1. The van der Waals surface area contributed by atoms with Gasteiger partial charge in [0.1, 0.15) is 0 Å². The van der Waals surface area contributed by atoms with Crippen LogP contribution in [0.5, 0.6) is 11.5 Å². The van der Waals surface area contributed by atoms with Gasteiger partial charge in [-0.2, -0.15) is 0 Å². The smallest absolute Gasteiger partial charge is 0.231 e. The van der Waals surface area contributed by atoms with Gasteiger partial charge in [0.05, 0.1) is 5.75 Å². The normalized spacial score (nSPS) is 12.4. The molecule has 1 N–H and O–H groups in total. The molecule has 0 bridgehead atoms. The maximum atomic E-state index is 12.3. The number of halogens is 1. The molecule has 0 saturated carbocycles. The standard InChI is InChI=1S/C17H12ClN3O3S/c18-12-4-1-10(2-5-12)16-19-17(21-20-16)25-8-13(22)11-3-6-14-15(7-11)24-9-23-14/h1-7H,8-9H2,(H,19,20,21). The van der Waals surface area contributed by atoms with E-state index in [1.54, 1.807) is 30.3 Å². The van der Waals surface area contributed by atoms with Crippen LogP contribution < -0.4 is 9.47 Å². The highest BCUT2D eigenvalue weighted by Gasteiger charge is 2.17. The van der Waals surface area contributed by atoms with Crippen molar-refractivity contribution in [1.82, 2.24) is 15.2 Å². The van der Waals surface area contributed by atoms with Crippen molar-refractivity contribution in [3.05, 3.63) is 53.1 Å². The number of Topliss-reactive ketones (excluding diaryl/α,β-unsaturated/α-hetero) is 1. The summed E-state index contributed by atoms with van der Waals surface area (Å²) >= 11 is 7.15. The second-order valence-electron chi connectivity index (χ2n) is 5.25. The van der Waals surface area contributed by atoms with Crippen LogP contribution in [0.15, 0.2) is 47.6 Å². The number of hydrogen-bond acceptors (Lipinski definition) is 6. The number of fused-ring (bicyclic) bond motifs is 1. The molecule has 25 heavy (non-hydrogen) atoms. The Bertz CT molecular complexity index is 927. The first-order chi connectivity index (χ1) is 12.2. The molecule has 6 nitrogen and oxygen atoms in total. The van der Waals surface area contributed by atoms with Crippen LogP contribution in [-0.2, 0) is 0 Å². The molecule has 126 valence electrons. The van der Waals surface area contributed by atoms with Gasteiger partial charge in [-0.05, 0) is 42.5 Å². The van der Waals surface area contributed by atoms with Crippen molar-refractivity contribution in [2.75, 3.05) is 12.5 Å². The van der Waals surface area contributed by atoms with Gasteiger partial charge < -0.3 is 9.47 Å². The quantitative estimate of drug-likeness (QED) is 0.541. The lowest BCUT2D eigenvalue weighted by atomic mass is 10.1. The third-order valence-corrected chi connectivity index (χ3v) is 4.71. The monoisotopic (exact) mass is 373 g/mol. The van der Waals surface area contributed by atoms with Gasteiger partial charge >= 0.3 is 0 Å². The summed E-state index contributed by atoms with van der Waals surface area (Å²) in [6.07, 6.45) is 0. The molecule has 3 aromatic rings. The number of H-pyrrole nitrogens is 1. The summed E-state index contributed by atoms with van der Waals surface area (Å²) in [6, 6.07) is 12.5. The van der Waals surface area contributed by atoms with Crippen LogP contribution in [0.1, 0.15) is 10.4 Å². The van der Waals surface area contributed by atoms with E-state index in [2.05, 4.69) is 15.2 Å². The Hall–Kier alpha value is -2.51. The van der Waals surface area contributed by atoms with Crippen molar-refractivity contribution < 1.29 is 14.3 Å². The van der Waals surface area contributed by atoms with E-state index in [0.717, 1.165) is 5.56 Å². The minimum absolute atomic E-state index is 0.0267. The van der Waals surface area contributed by atoms with Crippen molar-refractivity contribution in [1.29, 1.82) is 0 Å². The summed E-state index contributed by atoms with van der Waals surface area (Å²) in [5.74, 6) is 2.10. The Kier molecular flexibility index (Phi) is 4.33. The maximum Gasteiger partial charge on any atom is 0.231 e. The van der Waals surface area contributed by atoms with Gasteiger partial charge in [0.2, 0.25) is 11.9 Å². The summed E-state index contributed by atoms with van der Waals surface area (Å²) in [7, 11) is 0. The van der Waals surface area contributed by atoms with Crippen molar-refractivity contribution in [3.63, 3.8) is 0 Å². The van der Waals surface area contributed by atoms with Crippen LogP contribution in [0.3, 0.4) is 0 Å². The number of aromatic nitrogens is 3. The van der Waals surface area contributed by atoms with Crippen molar-refractivity contribution >= 4 is 29.1 Å². The van der Waals surface area contributed by atoms with E-state index in [1.165, 1.54) is 11.8 Å². The summed E-state index contributed by atoms with van der Waals surface area (Å²) in [5, 5.41) is 8.17. The highest BCUT2D eigenvalue weighted by molar-refractivity contribution is 7.99. The number of aromatic amines is 1. The predicted molar refractivity (Wildman–Crippen MR) is 94.4 cm³/mol. The van der Waals surface area contributed by atoms with Crippen LogP contribution in [0, 0.1) is 0 Å². The van der Waals surface area contributed by atoms with Gasteiger partial charge in [-0.3, -0.25) is 9.89 Å². The number of benzene rings is 2. The summed E-state index contributed by atoms with van der Waals surface area (Å²) in [4.78, 5) is 16.7. The Balaban J connectivity index is 1.41. The van der Waals surface area contributed by atoms with Gasteiger partial charge in [0, 0.05) is 16.1 Å². The molecule has 8 heteroatoms. The molecule has 0 amide bonds. The number of carbonyl (C=O) groups is 1. The Morgan fingerprint density at radius 1 is 1.16 bits per heavy atom. The van der Waals surface area contributed by atoms with Gasteiger partial charge in [-0.25, -0.2) is 4.98 Å². The van der Waals surface area contributed by atoms with E-state index < -0.39 is 0 Å². The molecule has 4 rings (SSSR count). The largest absolute Gasteiger partial charge is 0.454 e. The number of carbonyl (C=O) groups excluding carboxylic acids is 1. The van der Waals surface area contributed by atoms with Gasteiger partial charge in [-0.15, -0.1) is 5.10 Å². The minimum atomic E-state index is -0.0267. The van der Waals surface area contributed by atoms with E-state index >= 15 is 0 Å². The van der Waals surface area contributed by atoms with Crippen molar-refractivity contribution in [3.8, 4) is 22.9 Å². The maximum absolute atomic E-state index is 12.3. The first kappa shape index (κ1) is 16.0. The molecular weight excluding hydrogens is 362 g/mol. The average molecular weight is 374 g/mol. The Morgan fingerprint density at radius 3 is 2.80 bits per heavy atom. The summed E-state index contributed by atoms with van der Waals surface area (Å²) < 4.78 is 10.5. The highest BCUT2D eigenvalue weighted by Crippen LogP contribution is 2.33. The lowest BCUT2D eigenvalue weighted by Crippen LogP contribution is -2.02. The van der Waals surface area contributed by atoms with Crippen molar-refractivity contribution in [2.24, 2.45) is 0 Å². The molecule has 2 heterocycles. The molecule has 0 fully saturated rings. The van der Waals surface area contributed by atoms with E-state index in [9.17, 15) is 4.79 Å². The number of thioether (sulfide) groups is 1. The second-order valence-corrected chi connectivity index (χ2v) is 6.63. The van der Waals surface area contributed by atoms with Gasteiger partial charge in [0.15, 0.2) is 23.1 Å². The zero-order valence-corrected chi connectivity index (χ0v) is 14.4. The van der Waals surface area contributed by atoms with E-state index in [1.807, 2.05) is 12.1 Å². The molecular formula is C17H12ClN3O3S. The third-order valence-electron chi connectivity index (χ3n) is 3.61. The molecule has 2 aromatic carbocycles. The second kappa shape index (κ2) is 6.78. The fourth-order valence-electron chi connectivity index (χ4n) is 2.33. The number of ether oxygens (including phenoxy) is 2. The first-order valence-electron chi connectivity index (χ1n) is 7.43. The third kappa shape index (κ3) is 3.47. The SMILES string of the molecule is O=C(CSc1n[nH]c(-c2ccc(Cl)cc2)n1)c1ccc2c(c1)OCO2. The van der Waals surface area contributed by atoms with Crippen LogP contribution >= 0.6 is 23.4 Å². The lowest BCUT2D eigenvalue weighted by Gasteiger charge is -2.01. The molecule has 1 aliphatic heterocycles. The zero-order chi connectivity index (χ0) is 17.2. The van der Waals surface area contributed by atoms with E-state index in [-0.39, 0.29) is 18.3 Å². The predicted octanol–water partition coefficient (Wildman–Crippen LogP) is 3.83. The minimum Gasteiger partial charge on any atom is -0.454 e. The average Bonchev–Trinajstić information content (AvgIpc) is 3.29. The van der Waals surface area contributed by atoms with Gasteiger partial charge in [-0.1, -0.05) is 23.4 Å². The van der Waals surface area contributed by atoms with Crippen LogP contribution in [-0.4, -0.2) is 33.5 Å². The molecule has 0 aliphatic carbocycles. The number of nitrogens with zero attached hydrogens (tertiary/aromatic N) is 2. The number of rotatable bonds is 5. The Morgan fingerprint density at radius 2 is 1.96 bits per heavy atom. The highest BCUT2D eigenvalue weighted by atomic mass is 35.5. The molecule has 0 saturated heterocycles. The molecule has 0 spiro atoms. The topological polar surface area (TPSA) is 77.1 Å². The van der Waals surface area contributed by atoms with E-state index in [0.29, 0.717) is 33.1 Å². The number of nitrogens with one attached hydrogen (secondary N) is 1. The number of ketones is 1. The van der Waals surface area contributed by atoms with Crippen LogP contribution in [0.2, 0.25) is 5.02 Å². The van der Waals surface area contributed by atoms with Crippen LogP contribution in [0.4, 0.5) is 0 Å². The summed E-state index contributed by atoms with van der Waals surface area (Å²) in [6.45, 7) is 0.187. The van der Waals surface area contributed by atoms with Crippen molar-refractivity contribution in [2.45, 2.75) is 5.16 Å². The summed E-state index contributed by atoms with van der Waals surface area (Å²) in [5.41, 5.74) is 1.45. The molecule has 1 aromatic heterocycles. The zero-order valence-electron chi connectivity index (χ0n) is 12.9. The molecule has 0 radical (unpaired) electrons. The van der Waals surface area contributed by atoms with E-state index in [4.69, 9.17) is 21.1 Å². The van der Waals surface area contributed by atoms with Crippen LogP contribution in [0.25, 0.3) is 11.4 Å². The molecule has 0 unspecified atom stereocenters. The fourth-order valence-corrected chi connectivity index (χ4v) is 3.15. The first-order valence-corrected chi connectivity index (χ1v) is 8.79. The lowest BCUT2D eigenvalue weighted by molar-refractivity contribution is 0.102. The Labute approximate surface area is 152 Å². The fraction of sp³-hybridized carbons (Fsp3) is 0.118. The molecule has 0 atom stereocenters.